The number of hydrogen-bond acceptors (Lipinski definition) is 3. The van der Waals surface area contributed by atoms with Crippen LogP contribution in [0.15, 0.2) is 48.5 Å². The first-order valence-corrected chi connectivity index (χ1v) is 8.50. The molecule has 0 saturated carbocycles. The first kappa shape index (κ1) is 16.7. The van der Waals surface area contributed by atoms with E-state index in [2.05, 4.69) is 10.6 Å². The largest absolute Gasteiger partial charge is 0.388 e. The van der Waals surface area contributed by atoms with Crippen LogP contribution in [0.5, 0.6) is 0 Å². The molecule has 2 aromatic rings. The van der Waals surface area contributed by atoms with Gasteiger partial charge in [-0.25, -0.2) is 0 Å². The first-order valence-electron chi connectivity index (χ1n) is 8.50. The number of carbonyl (C=O) groups excluding carboxylic acids is 1. The van der Waals surface area contributed by atoms with Gasteiger partial charge < -0.3 is 15.7 Å². The Kier molecular flexibility index (Phi) is 5.28. The summed E-state index contributed by atoms with van der Waals surface area (Å²) < 4.78 is 0. The number of amides is 1. The average Bonchev–Trinajstić information content (AvgIpc) is 2.62. The third-order valence-corrected chi connectivity index (χ3v) is 4.57. The highest BCUT2D eigenvalue weighted by atomic mass is 16.3. The minimum absolute atomic E-state index is 0.0710. The summed E-state index contributed by atoms with van der Waals surface area (Å²) in [5.41, 5.74) is 3.96. The topological polar surface area (TPSA) is 61.4 Å². The number of aliphatic hydroxyl groups excluding tert-OH is 1. The molecule has 1 amide bonds. The lowest BCUT2D eigenvalue weighted by molar-refractivity contribution is -0.114. The highest BCUT2D eigenvalue weighted by molar-refractivity contribution is 5.89. The average molecular weight is 324 g/mol. The lowest BCUT2D eigenvalue weighted by Gasteiger charge is -2.27. The predicted octanol–water partition coefficient (Wildman–Crippen LogP) is 3.35. The van der Waals surface area contributed by atoms with Crippen LogP contribution in [0.1, 0.15) is 31.4 Å². The maximum Gasteiger partial charge on any atom is 0.221 e. The summed E-state index contributed by atoms with van der Waals surface area (Å²) in [6, 6.07) is 15.9. The standard InChI is InChI=1S/C20H24N2O2/c1-14(23)22-19-10-8-16(9-11-19)15-4-6-17(7-5-15)20(24)18-3-2-12-21-13-18/h4-11,18,20-21,24H,2-3,12-13H2,1H3,(H,22,23). The van der Waals surface area contributed by atoms with Crippen molar-refractivity contribution in [1.29, 1.82) is 0 Å². The highest BCUT2D eigenvalue weighted by Gasteiger charge is 2.22. The smallest absolute Gasteiger partial charge is 0.221 e. The van der Waals surface area contributed by atoms with Crippen molar-refractivity contribution in [2.45, 2.75) is 25.9 Å². The first-order chi connectivity index (χ1) is 11.6. The van der Waals surface area contributed by atoms with Crippen molar-refractivity contribution in [3.63, 3.8) is 0 Å². The molecule has 3 rings (SSSR count). The second kappa shape index (κ2) is 7.60. The van der Waals surface area contributed by atoms with Gasteiger partial charge in [0.05, 0.1) is 6.10 Å². The van der Waals surface area contributed by atoms with Crippen molar-refractivity contribution in [1.82, 2.24) is 5.32 Å². The van der Waals surface area contributed by atoms with Crippen molar-refractivity contribution in [3.8, 4) is 11.1 Å². The van der Waals surface area contributed by atoms with E-state index in [0.717, 1.165) is 48.3 Å². The number of anilines is 1. The third kappa shape index (κ3) is 4.02. The summed E-state index contributed by atoms with van der Waals surface area (Å²) in [5, 5.41) is 16.7. The Labute approximate surface area is 142 Å². The fourth-order valence-electron chi connectivity index (χ4n) is 3.24. The van der Waals surface area contributed by atoms with Crippen LogP contribution in [0.25, 0.3) is 11.1 Å². The Morgan fingerprint density at radius 2 is 1.75 bits per heavy atom. The minimum Gasteiger partial charge on any atom is -0.388 e. The predicted molar refractivity (Wildman–Crippen MR) is 96.7 cm³/mol. The van der Waals surface area contributed by atoms with E-state index in [1.807, 2.05) is 48.5 Å². The second-order valence-corrected chi connectivity index (χ2v) is 6.43. The number of benzene rings is 2. The molecule has 126 valence electrons. The molecule has 3 N–H and O–H groups in total. The van der Waals surface area contributed by atoms with E-state index < -0.39 is 6.10 Å². The summed E-state index contributed by atoms with van der Waals surface area (Å²) in [6.45, 7) is 3.43. The second-order valence-electron chi connectivity index (χ2n) is 6.43. The molecule has 4 heteroatoms. The maximum absolute atomic E-state index is 11.1. The highest BCUT2D eigenvalue weighted by Crippen LogP contribution is 2.29. The number of aliphatic hydroxyl groups is 1. The minimum atomic E-state index is -0.408. The number of carbonyl (C=O) groups is 1. The monoisotopic (exact) mass is 324 g/mol. The molecule has 0 radical (unpaired) electrons. The summed E-state index contributed by atoms with van der Waals surface area (Å²) in [4.78, 5) is 11.1. The summed E-state index contributed by atoms with van der Waals surface area (Å²) in [7, 11) is 0. The van der Waals surface area contributed by atoms with E-state index in [4.69, 9.17) is 0 Å². The Morgan fingerprint density at radius 3 is 2.29 bits per heavy atom. The molecule has 4 nitrogen and oxygen atoms in total. The summed E-state index contributed by atoms with van der Waals surface area (Å²) in [6.07, 6.45) is 1.79. The third-order valence-electron chi connectivity index (χ3n) is 4.57. The van der Waals surface area contributed by atoms with E-state index in [0.29, 0.717) is 5.92 Å². The van der Waals surface area contributed by atoms with Crippen molar-refractivity contribution in [3.05, 3.63) is 54.1 Å². The molecule has 1 saturated heterocycles. The molecule has 24 heavy (non-hydrogen) atoms. The van der Waals surface area contributed by atoms with E-state index in [9.17, 15) is 9.90 Å². The van der Waals surface area contributed by atoms with Crippen LogP contribution in [0.3, 0.4) is 0 Å². The SMILES string of the molecule is CC(=O)Nc1ccc(-c2ccc(C(O)C3CCCNC3)cc2)cc1. The molecule has 2 aromatic carbocycles. The normalized spacial score (nSPS) is 18.8. The van der Waals surface area contributed by atoms with Gasteiger partial charge >= 0.3 is 0 Å². The van der Waals surface area contributed by atoms with Crippen LogP contribution in [-0.4, -0.2) is 24.1 Å². The molecular weight excluding hydrogens is 300 g/mol. The van der Waals surface area contributed by atoms with Gasteiger partial charge in [0.2, 0.25) is 5.91 Å². The van der Waals surface area contributed by atoms with Crippen molar-refractivity contribution < 1.29 is 9.90 Å². The quantitative estimate of drug-likeness (QED) is 0.808. The number of hydrogen-bond donors (Lipinski definition) is 3. The van der Waals surface area contributed by atoms with Crippen molar-refractivity contribution >= 4 is 11.6 Å². The summed E-state index contributed by atoms with van der Waals surface area (Å²) in [5.74, 6) is 0.222. The van der Waals surface area contributed by atoms with Crippen molar-refractivity contribution in [2.24, 2.45) is 5.92 Å². The maximum atomic E-state index is 11.1. The number of piperidine rings is 1. The molecule has 2 atom stereocenters. The van der Waals surface area contributed by atoms with Crippen LogP contribution in [0, 0.1) is 5.92 Å². The Balaban J connectivity index is 1.70. The van der Waals surface area contributed by atoms with E-state index in [1.165, 1.54) is 6.92 Å². The van der Waals surface area contributed by atoms with E-state index in [-0.39, 0.29) is 5.91 Å². The van der Waals surface area contributed by atoms with Gasteiger partial charge in [-0.15, -0.1) is 0 Å². The van der Waals surface area contributed by atoms with Gasteiger partial charge in [0.1, 0.15) is 0 Å². The molecular formula is C20H24N2O2. The van der Waals surface area contributed by atoms with Crippen LogP contribution >= 0.6 is 0 Å². The van der Waals surface area contributed by atoms with Crippen LogP contribution in [0.4, 0.5) is 5.69 Å². The van der Waals surface area contributed by atoms with Crippen LogP contribution in [-0.2, 0) is 4.79 Å². The lowest BCUT2D eigenvalue weighted by atomic mass is 9.89. The van der Waals surface area contributed by atoms with E-state index in [1.54, 1.807) is 0 Å². The Bertz CT molecular complexity index is 674. The Hall–Kier alpha value is -2.17. The molecule has 1 aliphatic heterocycles. The number of rotatable bonds is 4. The van der Waals surface area contributed by atoms with Gasteiger partial charge in [0.25, 0.3) is 0 Å². The van der Waals surface area contributed by atoms with Gasteiger partial charge in [-0.2, -0.15) is 0 Å². The number of nitrogens with one attached hydrogen (secondary N) is 2. The van der Waals surface area contributed by atoms with Gasteiger partial charge in [-0.3, -0.25) is 4.79 Å². The molecule has 0 spiro atoms. The zero-order valence-corrected chi connectivity index (χ0v) is 14.0. The lowest BCUT2D eigenvalue weighted by Crippen LogP contribution is -2.33. The molecule has 0 aromatic heterocycles. The van der Waals surface area contributed by atoms with Gasteiger partial charge in [0.15, 0.2) is 0 Å². The molecule has 1 heterocycles. The summed E-state index contributed by atoms with van der Waals surface area (Å²) >= 11 is 0. The van der Waals surface area contributed by atoms with Crippen molar-refractivity contribution in [2.75, 3.05) is 18.4 Å². The molecule has 0 bridgehead atoms. The fraction of sp³-hybridized carbons (Fsp3) is 0.350. The molecule has 1 fully saturated rings. The van der Waals surface area contributed by atoms with E-state index >= 15 is 0 Å². The van der Waals surface area contributed by atoms with Crippen LogP contribution in [0.2, 0.25) is 0 Å². The van der Waals surface area contributed by atoms with Gasteiger partial charge in [-0.05, 0) is 48.2 Å². The zero-order valence-electron chi connectivity index (χ0n) is 14.0. The molecule has 2 unspecified atom stereocenters. The Morgan fingerprint density at radius 1 is 1.12 bits per heavy atom. The van der Waals surface area contributed by atoms with Gasteiger partial charge in [-0.1, -0.05) is 36.4 Å². The van der Waals surface area contributed by atoms with Gasteiger partial charge in [0, 0.05) is 25.1 Å². The van der Waals surface area contributed by atoms with Crippen LogP contribution < -0.4 is 10.6 Å². The molecule has 0 aliphatic carbocycles. The molecule has 1 aliphatic rings. The zero-order chi connectivity index (χ0) is 16.9. The fourth-order valence-corrected chi connectivity index (χ4v) is 3.24.